The predicted octanol–water partition coefficient (Wildman–Crippen LogP) is 7.49. The maximum Gasteiger partial charge on any atom is 0.341 e. The Morgan fingerprint density at radius 3 is 1.80 bits per heavy atom. The molecular formula is C38H35N3O5. The van der Waals surface area contributed by atoms with Crippen LogP contribution in [0.25, 0.3) is 32.4 Å². The van der Waals surface area contributed by atoms with E-state index in [1.54, 1.807) is 49.5 Å². The van der Waals surface area contributed by atoms with Gasteiger partial charge >= 0.3 is 5.97 Å². The summed E-state index contributed by atoms with van der Waals surface area (Å²) in [5.41, 5.74) is 9.47. The molecule has 0 unspecified atom stereocenters. The molecule has 0 radical (unpaired) electrons. The molecule has 7 aromatic rings. The first-order chi connectivity index (χ1) is 22.1. The summed E-state index contributed by atoms with van der Waals surface area (Å²) in [5.74, 6) is -0.815. The second-order valence-electron chi connectivity index (χ2n) is 10.6. The monoisotopic (exact) mass is 613 g/mol. The van der Waals surface area contributed by atoms with Crippen LogP contribution in [0, 0.1) is 20.8 Å². The average molecular weight is 614 g/mol. The second kappa shape index (κ2) is 15.0. The van der Waals surface area contributed by atoms with Crippen LogP contribution in [0.5, 0.6) is 5.75 Å². The van der Waals surface area contributed by atoms with Gasteiger partial charge in [-0.25, -0.2) is 4.79 Å². The van der Waals surface area contributed by atoms with Crippen LogP contribution in [0.15, 0.2) is 131 Å². The summed E-state index contributed by atoms with van der Waals surface area (Å²) in [5, 5.41) is 23.4. The molecule has 2 aromatic heterocycles. The molecule has 0 amide bonds. The van der Waals surface area contributed by atoms with Crippen molar-refractivity contribution in [3.05, 3.63) is 164 Å². The zero-order chi connectivity index (χ0) is 33.2. The molecule has 0 fully saturated rings. The molecule has 0 spiro atoms. The lowest BCUT2D eigenvalue weighted by molar-refractivity contribution is 0.0695. The van der Waals surface area contributed by atoms with Gasteiger partial charge in [-0.3, -0.25) is 9.59 Å². The number of carboxylic acid groups (broad SMARTS) is 1. The number of phenolic OH excluding ortho intramolecular Hbond substituents is 1. The Morgan fingerprint density at radius 1 is 0.630 bits per heavy atom. The van der Waals surface area contributed by atoms with Crippen LogP contribution in [0.4, 0.5) is 5.69 Å². The number of aromatic amines is 2. The van der Waals surface area contributed by atoms with Gasteiger partial charge in [0, 0.05) is 33.7 Å². The number of H-pyrrole nitrogens is 2. The average Bonchev–Trinajstić information content (AvgIpc) is 3.07. The van der Waals surface area contributed by atoms with Gasteiger partial charge in [0.05, 0.1) is 0 Å². The number of aromatic nitrogens is 2. The van der Waals surface area contributed by atoms with E-state index in [2.05, 4.69) is 34.2 Å². The van der Waals surface area contributed by atoms with Gasteiger partial charge in [0.15, 0.2) is 0 Å². The number of aryl methyl sites for hydroxylation is 3. The van der Waals surface area contributed by atoms with E-state index in [1.165, 1.54) is 11.5 Å². The van der Waals surface area contributed by atoms with Crippen molar-refractivity contribution in [2.24, 2.45) is 0 Å². The molecule has 0 saturated heterocycles. The van der Waals surface area contributed by atoms with Crippen LogP contribution < -0.4 is 16.9 Å². The number of fused-ring (bicyclic) bond motifs is 3. The number of anilines is 1. The number of phenols is 1. The molecule has 7 rings (SSSR count). The number of nitrogens with two attached hydrogens (primary N) is 1. The molecule has 0 aliphatic rings. The minimum absolute atomic E-state index is 0.00694. The summed E-state index contributed by atoms with van der Waals surface area (Å²) in [6.07, 6.45) is 1.62. The van der Waals surface area contributed by atoms with Gasteiger partial charge in [-0.1, -0.05) is 97.1 Å². The summed E-state index contributed by atoms with van der Waals surface area (Å²) in [7, 11) is 0. The number of aromatic hydroxyl groups is 1. The van der Waals surface area contributed by atoms with E-state index in [1.807, 2.05) is 62.4 Å². The van der Waals surface area contributed by atoms with Crippen LogP contribution in [0.2, 0.25) is 0 Å². The SMILES string of the molecule is Cc1ccc2ccccc2c1N.Cc1ccc2ccccc2c1O.Cc1ccc[nH]c1=O.O=C(O)c1cc2ccccc2[nH]c1=O. The van der Waals surface area contributed by atoms with E-state index in [4.69, 9.17) is 10.8 Å². The van der Waals surface area contributed by atoms with Gasteiger partial charge in [-0.2, -0.15) is 0 Å². The zero-order valence-electron chi connectivity index (χ0n) is 25.7. The fourth-order valence-corrected chi connectivity index (χ4v) is 4.58. The molecule has 2 heterocycles. The first kappa shape index (κ1) is 32.8. The fraction of sp³-hybridized carbons (Fsp3) is 0.0789. The molecule has 232 valence electrons. The van der Waals surface area contributed by atoms with E-state index in [-0.39, 0.29) is 11.1 Å². The third-order valence-electron chi connectivity index (χ3n) is 7.29. The highest BCUT2D eigenvalue weighted by Crippen LogP contribution is 2.27. The first-order valence-corrected chi connectivity index (χ1v) is 14.5. The fourth-order valence-electron chi connectivity index (χ4n) is 4.58. The topological polar surface area (TPSA) is 149 Å². The highest BCUT2D eigenvalue weighted by atomic mass is 16.4. The number of benzene rings is 5. The third kappa shape index (κ3) is 8.06. The molecule has 0 aliphatic carbocycles. The number of nitrogens with one attached hydrogen (secondary N) is 2. The second-order valence-corrected chi connectivity index (χ2v) is 10.6. The molecule has 6 N–H and O–H groups in total. The van der Waals surface area contributed by atoms with E-state index in [0.717, 1.165) is 38.5 Å². The van der Waals surface area contributed by atoms with Gasteiger partial charge < -0.3 is 25.9 Å². The predicted molar refractivity (Wildman–Crippen MR) is 187 cm³/mol. The Morgan fingerprint density at radius 2 is 1.20 bits per heavy atom. The molecule has 5 aromatic carbocycles. The lowest BCUT2D eigenvalue weighted by atomic mass is 10.1. The Kier molecular flexibility index (Phi) is 10.7. The molecule has 8 nitrogen and oxygen atoms in total. The summed E-state index contributed by atoms with van der Waals surface area (Å²) in [6, 6.07) is 36.1. The standard InChI is InChI=1S/C11H11N.C11H10O.C10H7NO3.C6H7NO/c2*1-8-6-7-9-4-2-3-5-10(9)11(8)12;12-9-7(10(13)14)5-6-3-1-2-4-8(6)11-9;1-5-3-2-4-7-6(5)8/h2-7H,12H2,1H3;2-7,12H,1H3;1-5H,(H,11,12)(H,13,14);2-4H,1H3,(H,7,8). The van der Waals surface area contributed by atoms with Gasteiger partial charge in [-0.15, -0.1) is 0 Å². The van der Waals surface area contributed by atoms with Gasteiger partial charge in [-0.05, 0) is 66.3 Å². The molecule has 46 heavy (non-hydrogen) atoms. The number of pyridine rings is 2. The zero-order valence-corrected chi connectivity index (χ0v) is 25.7. The van der Waals surface area contributed by atoms with Crippen LogP contribution in [-0.2, 0) is 0 Å². The highest BCUT2D eigenvalue weighted by molar-refractivity contribution is 5.94. The molecule has 0 bridgehead atoms. The smallest absolute Gasteiger partial charge is 0.341 e. The largest absolute Gasteiger partial charge is 0.507 e. The number of carbonyl (C=O) groups is 1. The van der Waals surface area contributed by atoms with E-state index in [9.17, 15) is 19.5 Å². The van der Waals surface area contributed by atoms with Gasteiger partial charge in [0.2, 0.25) is 0 Å². The Hall–Kier alpha value is -6.15. The molecular weight excluding hydrogens is 578 g/mol. The minimum Gasteiger partial charge on any atom is -0.507 e. The van der Waals surface area contributed by atoms with E-state index in [0.29, 0.717) is 16.7 Å². The normalized spacial score (nSPS) is 10.2. The molecule has 8 heteroatoms. The van der Waals surface area contributed by atoms with Gasteiger partial charge in [0.1, 0.15) is 11.3 Å². The lowest BCUT2D eigenvalue weighted by Gasteiger charge is -2.03. The maximum absolute atomic E-state index is 11.2. The van der Waals surface area contributed by atoms with E-state index >= 15 is 0 Å². The Balaban J connectivity index is 0.000000142. The number of nitrogen functional groups attached to an aromatic ring is 1. The molecule has 0 aliphatic heterocycles. The maximum atomic E-state index is 11.2. The van der Waals surface area contributed by atoms with Crippen LogP contribution in [0.3, 0.4) is 0 Å². The number of hydrogen-bond acceptors (Lipinski definition) is 5. The number of aromatic carboxylic acids is 1. The summed E-state index contributed by atoms with van der Waals surface area (Å²) < 4.78 is 0. The van der Waals surface area contributed by atoms with Crippen LogP contribution >= 0.6 is 0 Å². The van der Waals surface area contributed by atoms with Crippen LogP contribution in [0.1, 0.15) is 27.0 Å². The summed E-state index contributed by atoms with van der Waals surface area (Å²) in [6.45, 7) is 5.71. The van der Waals surface area contributed by atoms with Crippen molar-refractivity contribution >= 4 is 44.1 Å². The van der Waals surface area contributed by atoms with Crippen molar-refractivity contribution in [2.75, 3.05) is 5.73 Å². The van der Waals surface area contributed by atoms with Crippen LogP contribution in [-0.4, -0.2) is 26.2 Å². The summed E-state index contributed by atoms with van der Waals surface area (Å²) in [4.78, 5) is 37.5. The first-order valence-electron chi connectivity index (χ1n) is 14.5. The van der Waals surface area contributed by atoms with Crippen molar-refractivity contribution in [1.82, 2.24) is 9.97 Å². The third-order valence-corrected chi connectivity index (χ3v) is 7.29. The number of para-hydroxylation sites is 1. The van der Waals surface area contributed by atoms with Gasteiger partial charge in [0.25, 0.3) is 11.1 Å². The Bertz CT molecular complexity index is 2170. The highest BCUT2D eigenvalue weighted by Gasteiger charge is 2.09. The Labute approximate surface area is 265 Å². The molecule has 0 saturated carbocycles. The number of hydrogen-bond donors (Lipinski definition) is 5. The van der Waals surface area contributed by atoms with Crippen molar-refractivity contribution < 1.29 is 15.0 Å². The van der Waals surface area contributed by atoms with Crippen molar-refractivity contribution in [2.45, 2.75) is 20.8 Å². The quantitative estimate of drug-likeness (QED) is 0.121. The number of carboxylic acids is 1. The van der Waals surface area contributed by atoms with Crippen molar-refractivity contribution in [3.63, 3.8) is 0 Å². The summed E-state index contributed by atoms with van der Waals surface area (Å²) >= 11 is 0. The minimum atomic E-state index is -1.21. The van der Waals surface area contributed by atoms with E-state index < -0.39 is 11.5 Å². The van der Waals surface area contributed by atoms with Crippen molar-refractivity contribution in [3.8, 4) is 5.75 Å². The van der Waals surface area contributed by atoms with Crippen molar-refractivity contribution in [1.29, 1.82) is 0 Å². The number of rotatable bonds is 1. The lowest BCUT2D eigenvalue weighted by Crippen LogP contribution is -2.16. The molecule has 0 atom stereocenters.